The highest BCUT2D eigenvalue weighted by Gasteiger charge is 2.13. The topological polar surface area (TPSA) is 82.6 Å². The van der Waals surface area contributed by atoms with Gasteiger partial charge in [-0.15, -0.1) is 0 Å². The van der Waals surface area contributed by atoms with Crippen molar-refractivity contribution in [1.29, 1.82) is 0 Å². The second kappa shape index (κ2) is 8.21. The Labute approximate surface area is 172 Å². The number of nitro groups is 1. The highest BCUT2D eigenvalue weighted by molar-refractivity contribution is 5.94. The number of benzene rings is 3. The summed E-state index contributed by atoms with van der Waals surface area (Å²) in [5.74, 6) is 0.622. The summed E-state index contributed by atoms with van der Waals surface area (Å²) in [6.07, 6.45) is 0.735. The van der Waals surface area contributed by atoms with Gasteiger partial charge >= 0.3 is 5.63 Å². The number of hydrogen-bond donors (Lipinski definition) is 0. The molecule has 30 heavy (non-hydrogen) atoms. The lowest BCUT2D eigenvalue weighted by Crippen LogP contribution is -2.02. The van der Waals surface area contributed by atoms with Gasteiger partial charge in [0, 0.05) is 29.7 Å². The second-order valence-corrected chi connectivity index (χ2v) is 6.87. The first kappa shape index (κ1) is 19.4. The van der Waals surface area contributed by atoms with Crippen LogP contribution in [0.5, 0.6) is 5.75 Å². The molecule has 0 N–H and O–H groups in total. The molecule has 6 nitrogen and oxygen atoms in total. The molecule has 0 saturated carbocycles. The third-order valence-electron chi connectivity index (χ3n) is 4.93. The van der Waals surface area contributed by atoms with Crippen molar-refractivity contribution in [1.82, 2.24) is 0 Å². The zero-order chi connectivity index (χ0) is 21.1. The van der Waals surface area contributed by atoms with E-state index < -0.39 is 10.5 Å². The molecule has 1 aromatic heterocycles. The molecule has 3 aromatic carbocycles. The molecular formula is C24H19NO5. The predicted molar refractivity (Wildman–Crippen MR) is 115 cm³/mol. The maximum atomic E-state index is 12.1. The van der Waals surface area contributed by atoms with Crippen molar-refractivity contribution >= 4 is 16.7 Å². The summed E-state index contributed by atoms with van der Waals surface area (Å²) in [5.41, 5.74) is 3.62. The summed E-state index contributed by atoms with van der Waals surface area (Å²) < 4.78 is 11.4. The van der Waals surface area contributed by atoms with Gasteiger partial charge in [-0.2, -0.15) is 0 Å². The average Bonchev–Trinajstić information content (AvgIpc) is 2.77. The maximum Gasteiger partial charge on any atom is 0.336 e. The van der Waals surface area contributed by atoms with Crippen LogP contribution in [0, 0.1) is 10.1 Å². The van der Waals surface area contributed by atoms with Crippen molar-refractivity contribution in [2.24, 2.45) is 0 Å². The van der Waals surface area contributed by atoms with Crippen LogP contribution < -0.4 is 10.4 Å². The maximum absolute atomic E-state index is 12.1. The van der Waals surface area contributed by atoms with Gasteiger partial charge in [0.15, 0.2) is 0 Å². The zero-order valence-corrected chi connectivity index (χ0v) is 16.3. The van der Waals surface area contributed by atoms with E-state index in [-0.39, 0.29) is 12.3 Å². The summed E-state index contributed by atoms with van der Waals surface area (Å²) in [7, 11) is 0. The molecule has 0 aliphatic rings. The molecule has 0 spiro atoms. The Kier molecular flexibility index (Phi) is 5.30. The van der Waals surface area contributed by atoms with Crippen LogP contribution >= 0.6 is 0 Å². The number of non-ortho nitro benzene ring substituents is 1. The van der Waals surface area contributed by atoms with E-state index >= 15 is 0 Å². The summed E-state index contributed by atoms with van der Waals surface area (Å²) >= 11 is 0. The lowest BCUT2D eigenvalue weighted by molar-refractivity contribution is -0.384. The molecule has 0 aliphatic carbocycles. The number of fused-ring (bicyclic) bond motifs is 1. The molecule has 0 fully saturated rings. The van der Waals surface area contributed by atoms with E-state index in [0.717, 1.165) is 34.1 Å². The molecule has 4 rings (SSSR count). The van der Waals surface area contributed by atoms with Gasteiger partial charge in [-0.25, -0.2) is 4.79 Å². The summed E-state index contributed by atoms with van der Waals surface area (Å²) in [6, 6.07) is 21.2. The van der Waals surface area contributed by atoms with Crippen LogP contribution in [0.15, 0.2) is 82.0 Å². The van der Waals surface area contributed by atoms with E-state index in [9.17, 15) is 14.9 Å². The minimum Gasteiger partial charge on any atom is -0.488 e. The molecule has 0 bridgehead atoms. The lowest BCUT2D eigenvalue weighted by Gasteiger charge is -2.13. The van der Waals surface area contributed by atoms with Gasteiger partial charge in [0.25, 0.3) is 5.69 Å². The van der Waals surface area contributed by atoms with Crippen molar-refractivity contribution in [3.63, 3.8) is 0 Å². The fraction of sp³-hybridized carbons (Fsp3) is 0.125. The van der Waals surface area contributed by atoms with Crippen LogP contribution in [0.2, 0.25) is 0 Å². The smallest absolute Gasteiger partial charge is 0.336 e. The van der Waals surface area contributed by atoms with Gasteiger partial charge in [0.1, 0.15) is 17.9 Å². The fourth-order valence-corrected chi connectivity index (χ4v) is 3.38. The molecular weight excluding hydrogens is 382 g/mol. The predicted octanol–water partition coefficient (Wildman–Crippen LogP) is 5.51. The van der Waals surface area contributed by atoms with Crippen molar-refractivity contribution in [2.45, 2.75) is 20.0 Å². The summed E-state index contributed by atoms with van der Waals surface area (Å²) in [6.45, 7) is 2.28. The Morgan fingerprint density at radius 3 is 2.40 bits per heavy atom. The quantitative estimate of drug-likeness (QED) is 0.242. The van der Waals surface area contributed by atoms with E-state index in [1.54, 1.807) is 18.2 Å². The van der Waals surface area contributed by atoms with E-state index in [0.29, 0.717) is 11.3 Å². The Bertz CT molecular complexity index is 1260. The van der Waals surface area contributed by atoms with E-state index in [1.165, 1.54) is 18.2 Å². The van der Waals surface area contributed by atoms with Gasteiger partial charge in [-0.3, -0.25) is 10.1 Å². The van der Waals surface area contributed by atoms with Crippen LogP contribution in [0.4, 0.5) is 5.69 Å². The Morgan fingerprint density at radius 2 is 1.73 bits per heavy atom. The standard InChI is InChI=1S/C24H19NO5/c1-2-17-12-21-20(18-6-4-3-5-7-18)13-24(26)30-23(21)14-22(17)29-15-16-8-10-19(11-9-16)25(27)28/h3-14H,2,15H2,1H3. The van der Waals surface area contributed by atoms with Gasteiger partial charge < -0.3 is 9.15 Å². The van der Waals surface area contributed by atoms with Crippen molar-refractivity contribution in [2.75, 3.05) is 0 Å². The number of ether oxygens (including phenoxy) is 1. The highest BCUT2D eigenvalue weighted by atomic mass is 16.6. The first-order valence-corrected chi connectivity index (χ1v) is 9.57. The molecule has 1 heterocycles. The van der Waals surface area contributed by atoms with Gasteiger partial charge in [0.05, 0.1) is 4.92 Å². The van der Waals surface area contributed by atoms with Crippen molar-refractivity contribution in [3.8, 4) is 16.9 Å². The van der Waals surface area contributed by atoms with E-state index in [4.69, 9.17) is 9.15 Å². The second-order valence-electron chi connectivity index (χ2n) is 6.87. The van der Waals surface area contributed by atoms with Crippen molar-refractivity contribution in [3.05, 3.63) is 104 Å². The Balaban J connectivity index is 1.70. The third-order valence-corrected chi connectivity index (χ3v) is 4.93. The molecule has 0 aliphatic heterocycles. The molecule has 150 valence electrons. The normalized spacial score (nSPS) is 10.8. The monoisotopic (exact) mass is 401 g/mol. The van der Waals surface area contributed by atoms with Crippen LogP contribution in [0.25, 0.3) is 22.1 Å². The van der Waals surface area contributed by atoms with Gasteiger partial charge in [0.2, 0.25) is 0 Å². The number of hydrogen-bond acceptors (Lipinski definition) is 5. The van der Waals surface area contributed by atoms with Crippen LogP contribution in [0.1, 0.15) is 18.1 Å². The minimum absolute atomic E-state index is 0.0360. The van der Waals surface area contributed by atoms with Gasteiger partial charge in [-0.05, 0) is 46.9 Å². The third kappa shape index (κ3) is 3.93. The van der Waals surface area contributed by atoms with Gasteiger partial charge in [-0.1, -0.05) is 37.3 Å². The van der Waals surface area contributed by atoms with E-state index in [1.807, 2.05) is 43.3 Å². The van der Waals surface area contributed by atoms with Crippen molar-refractivity contribution < 1.29 is 14.1 Å². The van der Waals surface area contributed by atoms with Crippen LogP contribution in [-0.2, 0) is 13.0 Å². The lowest BCUT2D eigenvalue weighted by atomic mass is 9.99. The largest absolute Gasteiger partial charge is 0.488 e. The molecule has 0 saturated heterocycles. The van der Waals surface area contributed by atoms with Crippen LogP contribution in [0.3, 0.4) is 0 Å². The Hall–Kier alpha value is -3.93. The fourth-order valence-electron chi connectivity index (χ4n) is 3.38. The summed E-state index contributed by atoms with van der Waals surface area (Å²) in [4.78, 5) is 22.5. The number of rotatable bonds is 6. The van der Waals surface area contributed by atoms with E-state index in [2.05, 4.69) is 0 Å². The van der Waals surface area contributed by atoms with Crippen LogP contribution in [-0.4, -0.2) is 4.92 Å². The molecule has 0 atom stereocenters. The highest BCUT2D eigenvalue weighted by Crippen LogP contribution is 2.33. The number of aryl methyl sites for hydroxylation is 1. The SMILES string of the molecule is CCc1cc2c(-c3ccccc3)cc(=O)oc2cc1OCc1ccc([N+](=O)[O-])cc1. The first-order valence-electron chi connectivity index (χ1n) is 9.57. The number of nitrogens with zero attached hydrogens (tertiary/aromatic N) is 1. The molecule has 0 amide bonds. The molecule has 6 heteroatoms. The average molecular weight is 401 g/mol. The minimum atomic E-state index is -0.435. The Morgan fingerprint density at radius 1 is 1.00 bits per heavy atom. The first-order chi connectivity index (χ1) is 14.5. The molecule has 0 unspecified atom stereocenters. The molecule has 4 aromatic rings. The zero-order valence-electron chi connectivity index (χ0n) is 16.3. The molecule has 0 radical (unpaired) electrons. The number of nitro benzene ring substituents is 1. The summed E-state index contributed by atoms with van der Waals surface area (Å²) in [5, 5.41) is 11.6.